The molecule has 0 radical (unpaired) electrons. The molecular weight excluding hydrogens is 245 g/mol. The van der Waals surface area contributed by atoms with E-state index in [1.54, 1.807) is 19.1 Å². The molecular formula is C12H11ClFNO2. The molecule has 0 aliphatic rings. The van der Waals surface area contributed by atoms with Crippen molar-refractivity contribution in [3.8, 4) is 17.1 Å². The quantitative estimate of drug-likeness (QED) is 0.783. The maximum atomic E-state index is 13.7. The highest BCUT2D eigenvalue weighted by Gasteiger charge is 2.14. The number of benzene rings is 1. The van der Waals surface area contributed by atoms with Crippen LogP contribution in [0.15, 0.2) is 28.8 Å². The molecule has 2 aromatic rings. The molecule has 0 spiro atoms. The second-order valence-corrected chi connectivity index (χ2v) is 4.18. The number of alkyl halides is 1. The Hall–Kier alpha value is -1.55. The molecule has 0 saturated heterocycles. The molecule has 0 bridgehead atoms. The summed E-state index contributed by atoms with van der Waals surface area (Å²) in [5.74, 6) is 0.760. The molecule has 1 unspecified atom stereocenters. The predicted octanol–water partition coefficient (Wildman–Crippen LogP) is 3.79. The first kappa shape index (κ1) is 11.9. The lowest BCUT2D eigenvalue weighted by atomic mass is 10.1. The highest BCUT2D eigenvalue weighted by Crippen LogP contribution is 2.29. The van der Waals surface area contributed by atoms with Crippen LogP contribution in [0.4, 0.5) is 4.39 Å². The van der Waals surface area contributed by atoms with Crippen molar-refractivity contribution in [3.05, 3.63) is 36.1 Å². The van der Waals surface area contributed by atoms with Gasteiger partial charge >= 0.3 is 0 Å². The van der Waals surface area contributed by atoms with Crippen molar-refractivity contribution < 1.29 is 13.5 Å². The van der Waals surface area contributed by atoms with Gasteiger partial charge in [-0.1, -0.05) is 0 Å². The Morgan fingerprint density at radius 3 is 2.76 bits per heavy atom. The maximum absolute atomic E-state index is 13.7. The van der Waals surface area contributed by atoms with E-state index in [0.717, 1.165) is 0 Å². The normalized spacial score (nSPS) is 12.5. The molecule has 5 heteroatoms. The van der Waals surface area contributed by atoms with Crippen LogP contribution in [0, 0.1) is 5.82 Å². The topological polar surface area (TPSA) is 35.3 Å². The Morgan fingerprint density at radius 1 is 1.47 bits per heavy atom. The van der Waals surface area contributed by atoms with E-state index in [1.807, 2.05) is 0 Å². The standard InChI is InChI=1S/C12H11ClFNO2/c1-7(13)12-15-6-11(17-12)9-4-3-8(16-2)5-10(9)14/h3-7H,1-2H3. The van der Waals surface area contributed by atoms with Gasteiger partial charge in [0.05, 0.1) is 18.9 Å². The smallest absolute Gasteiger partial charge is 0.212 e. The largest absolute Gasteiger partial charge is 0.497 e. The summed E-state index contributed by atoms with van der Waals surface area (Å²) in [6, 6.07) is 4.53. The number of rotatable bonds is 3. The van der Waals surface area contributed by atoms with Gasteiger partial charge in [-0.15, -0.1) is 11.6 Å². The van der Waals surface area contributed by atoms with Gasteiger partial charge in [-0.05, 0) is 19.1 Å². The third-order valence-corrected chi connectivity index (χ3v) is 2.49. The maximum Gasteiger partial charge on any atom is 0.212 e. The molecule has 3 nitrogen and oxygen atoms in total. The number of ether oxygens (including phenoxy) is 1. The number of methoxy groups -OCH3 is 1. The highest BCUT2D eigenvalue weighted by atomic mass is 35.5. The lowest BCUT2D eigenvalue weighted by Gasteiger charge is -2.02. The molecule has 0 aliphatic heterocycles. The van der Waals surface area contributed by atoms with Crippen LogP contribution in [-0.2, 0) is 0 Å². The fourth-order valence-corrected chi connectivity index (χ4v) is 1.52. The molecule has 0 saturated carbocycles. The van der Waals surface area contributed by atoms with E-state index in [4.69, 9.17) is 20.8 Å². The van der Waals surface area contributed by atoms with Crippen LogP contribution in [-0.4, -0.2) is 12.1 Å². The third-order valence-electron chi connectivity index (χ3n) is 2.31. The molecule has 1 aromatic heterocycles. The number of halogens is 2. The Bertz CT molecular complexity index is 525. The van der Waals surface area contributed by atoms with Crippen molar-refractivity contribution in [2.45, 2.75) is 12.3 Å². The zero-order chi connectivity index (χ0) is 12.4. The average molecular weight is 256 g/mol. The van der Waals surface area contributed by atoms with Crippen LogP contribution in [0.25, 0.3) is 11.3 Å². The Labute approximate surface area is 103 Å². The molecule has 0 aliphatic carbocycles. The first-order valence-corrected chi connectivity index (χ1v) is 5.49. The molecule has 0 fully saturated rings. The molecule has 1 aromatic carbocycles. The van der Waals surface area contributed by atoms with E-state index < -0.39 is 5.82 Å². The summed E-state index contributed by atoms with van der Waals surface area (Å²) in [6.07, 6.45) is 1.46. The molecule has 17 heavy (non-hydrogen) atoms. The van der Waals surface area contributed by atoms with Gasteiger partial charge in [0.15, 0.2) is 5.76 Å². The van der Waals surface area contributed by atoms with Crippen molar-refractivity contribution in [3.63, 3.8) is 0 Å². The molecule has 90 valence electrons. The van der Waals surface area contributed by atoms with E-state index in [-0.39, 0.29) is 5.38 Å². The summed E-state index contributed by atoms with van der Waals surface area (Å²) >= 11 is 5.82. The van der Waals surface area contributed by atoms with Crippen LogP contribution in [0.1, 0.15) is 18.2 Å². The van der Waals surface area contributed by atoms with Crippen molar-refractivity contribution >= 4 is 11.6 Å². The minimum atomic E-state index is -0.422. The zero-order valence-electron chi connectivity index (χ0n) is 9.41. The second kappa shape index (κ2) is 4.75. The molecule has 1 atom stereocenters. The van der Waals surface area contributed by atoms with Crippen LogP contribution < -0.4 is 4.74 Å². The van der Waals surface area contributed by atoms with Gasteiger partial charge in [-0.2, -0.15) is 0 Å². The van der Waals surface area contributed by atoms with Gasteiger partial charge in [0.1, 0.15) is 16.9 Å². The SMILES string of the molecule is COc1ccc(-c2cnc(C(C)Cl)o2)c(F)c1. The molecule has 1 heterocycles. The number of oxazole rings is 1. The van der Waals surface area contributed by atoms with E-state index in [1.165, 1.54) is 19.4 Å². The summed E-state index contributed by atoms with van der Waals surface area (Å²) in [6.45, 7) is 1.74. The van der Waals surface area contributed by atoms with Crippen molar-refractivity contribution in [1.29, 1.82) is 0 Å². The number of hydrogen-bond donors (Lipinski definition) is 0. The number of aromatic nitrogens is 1. The van der Waals surface area contributed by atoms with Crippen molar-refractivity contribution in [1.82, 2.24) is 4.98 Å². The van der Waals surface area contributed by atoms with Crippen LogP contribution >= 0.6 is 11.6 Å². The Balaban J connectivity index is 2.38. The molecule has 2 rings (SSSR count). The van der Waals surface area contributed by atoms with Gasteiger partial charge in [-0.25, -0.2) is 9.37 Å². The van der Waals surface area contributed by atoms with Gasteiger partial charge in [0, 0.05) is 6.07 Å². The number of hydrogen-bond acceptors (Lipinski definition) is 3. The van der Waals surface area contributed by atoms with Crippen LogP contribution in [0.3, 0.4) is 0 Å². The lowest BCUT2D eigenvalue weighted by Crippen LogP contribution is -1.87. The predicted molar refractivity (Wildman–Crippen MR) is 62.7 cm³/mol. The Kier molecular flexibility index (Phi) is 3.33. The Morgan fingerprint density at radius 2 is 2.24 bits per heavy atom. The zero-order valence-corrected chi connectivity index (χ0v) is 10.2. The lowest BCUT2D eigenvalue weighted by molar-refractivity contribution is 0.411. The monoisotopic (exact) mass is 255 g/mol. The van der Waals surface area contributed by atoms with E-state index in [9.17, 15) is 4.39 Å². The first-order chi connectivity index (χ1) is 8.11. The second-order valence-electron chi connectivity index (χ2n) is 3.52. The average Bonchev–Trinajstić information content (AvgIpc) is 2.78. The minimum absolute atomic E-state index is 0.335. The van der Waals surface area contributed by atoms with Crippen LogP contribution in [0.5, 0.6) is 5.75 Å². The van der Waals surface area contributed by atoms with Gasteiger partial charge in [-0.3, -0.25) is 0 Å². The van der Waals surface area contributed by atoms with E-state index in [0.29, 0.717) is 23.0 Å². The molecule has 0 amide bonds. The fraction of sp³-hybridized carbons (Fsp3) is 0.250. The third kappa shape index (κ3) is 2.42. The fourth-order valence-electron chi connectivity index (χ4n) is 1.42. The summed E-state index contributed by atoms with van der Waals surface area (Å²) in [5.41, 5.74) is 0.335. The van der Waals surface area contributed by atoms with E-state index >= 15 is 0 Å². The summed E-state index contributed by atoms with van der Waals surface area (Å²) in [4.78, 5) is 3.98. The number of nitrogens with zero attached hydrogens (tertiary/aromatic N) is 1. The summed E-state index contributed by atoms with van der Waals surface area (Å²) in [5, 5.41) is -0.343. The van der Waals surface area contributed by atoms with Gasteiger partial charge in [0.2, 0.25) is 5.89 Å². The first-order valence-electron chi connectivity index (χ1n) is 5.05. The summed E-state index contributed by atoms with van der Waals surface area (Å²) in [7, 11) is 1.48. The minimum Gasteiger partial charge on any atom is -0.497 e. The molecule has 0 N–H and O–H groups in total. The van der Waals surface area contributed by atoms with Crippen molar-refractivity contribution in [2.24, 2.45) is 0 Å². The highest BCUT2D eigenvalue weighted by molar-refractivity contribution is 6.20. The van der Waals surface area contributed by atoms with E-state index in [2.05, 4.69) is 4.98 Å². The van der Waals surface area contributed by atoms with Crippen LogP contribution in [0.2, 0.25) is 0 Å². The summed E-state index contributed by atoms with van der Waals surface area (Å²) < 4.78 is 24.0. The van der Waals surface area contributed by atoms with Crippen molar-refractivity contribution in [2.75, 3.05) is 7.11 Å². The van der Waals surface area contributed by atoms with Gasteiger partial charge < -0.3 is 9.15 Å². The van der Waals surface area contributed by atoms with Gasteiger partial charge in [0.25, 0.3) is 0 Å².